The number of rotatable bonds is 3. The molecule has 0 heterocycles. The van der Waals surface area contributed by atoms with Gasteiger partial charge in [0, 0.05) is 10.4 Å². The fraction of sp³-hybridized carbons (Fsp3) is 0.125. The summed E-state index contributed by atoms with van der Waals surface area (Å²) in [6.07, 6.45) is 1.58. The summed E-state index contributed by atoms with van der Waals surface area (Å²) < 4.78 is 24.4. The molecule has 0 spiro atoms. The predicted octanol–water partition coefficient (Wildman–Crippen LogP) is 4.40. The molecule has 2 nitrogen and oxygen atoms in total. The van der Waals surface area contributed by atoms with Crippen molar-refractivity contribution in [3.05, 3.63) is 69.6 Å². The van der Waals surface area contributed by atoms with Crippen molar-refractivity contribution in [1.29, 1.82) is 0 Å². The van der Waals surface area contributed by atoms with Crippen LogP contribution in [0.2, 0.25) is 5.02 Å². The van der Waals surface area contributed by atoms with Gasteiger partial charge in [0.25, 0.3) is 0 Å². The molecule has 20 heavy (non-hydrogen) atoms. The maximum Gasteiger partial charge on any atom is 0.199 e. The van der Waals surface area contributed by atoms with Crippen molar-refractivity contribution in [2.45, 2.75) is 18.7 Å². The predicted molar refractivity (Wildman–Crippen MR) is 83.6 cm³/mol. The van der Waals surface area contributed by atoms with E-state index in [1.54, 1.807) is 42.5 Å². The molecule has 2 rings (SSSR count). The van der Waals surface area contributed by atoms with Crippen LogP contribution in [0.25, 0.3) is 6.08 Å². The van der Waals surface area contributed by atoms with E-state index in [1.165, 1.54) is 5.41 Å². The number of hydrogen-bond donors (Lipinski definition) is 0. The van der Waals surface area contributed by atoms with Crippen molar-refractivity contribution in [1.82, 2.24) is 0 Å². The van der Waals surface area contributed by atoms with Crippen molar-refractivity contribution in [3.8, 4) is 0 Å². The summed E-state index contributed by atoms with van der Waals surface area (Å²) in [5.74, 6) is 0. The Labute approximate surface area is 124 Å². The summed E-state index contributed by atoms with van der Waals surface area (Å²) in [5.41, 5.74) is 2.80. The van der Waals surface area contributed by atoms with Crippen LogP contribution in [0.3, 0.4) is 0 Å². The third-order valence-corrected chi connectivity index (χ3v) is 4.68. The standard InChI is InChI=1S/C16H15ClO2S/c1-12-3-7-16(8-4-12)20(18,19)10-9-14-11-15(17)6-5-13(14)2/h3-11H,1-2H3/b10-9+. The highest BCUT2D eigenvalue weighted by Gasteiger charge is 2.09. The van der Waals surface area contributed by atoms with Crippen LogP contribution < -0.4 is 0 Å². The topological polar surface area (TPSA) is 34.1 Å². The SMILES string of the molecule is Cc1ccc(S(=O)(=O)/C=C/c2cc(Cl)ccc2C)cc1. The largest absolute Gasteiger partial charge is 0.219 e. The first-order chi connectivity index (χ1) is 9.38. The van der Waals surface area contributed by atoms with Crippen molar-refractivity contribution >= 4 is 27.5 Å². The lowest BCUT2D eigenvalue weighted by atomic mass is 10.1. The van der Waals surface area contributed by atoms with Gasteiger partial charge >= 0.3 is 0 Å². The molecule has 104 valence electrons. The van der Waals surface area contributed by atoms with Gasteiger partial charge in [-0.2, -0.15) is 0 Å². The Bertz CT molecular complexity index is 745. The van der Waals surface area contributed by atoms with Gasteiger partial charge in [-0.15, -0.1) is 0 Å². The maximum atomic E-state index is 12.2. The molecule has 0 aliphatic heterocycles. The first-order valence-electron chi connectivity index (χ1n) is 6.14. The molecule has 0 aliphatic rings. The van der Waals surface area contributed by atoms with Gasteiger partial charge in [-0.05, 0) is 55.3 Å². The molecule has 0 saturated heterocycles. The first-order valence-corrected chi connectivity index (χ1v) is 8.07. The Kier molecular flexibility index (Phi) is 4.31. The Morgan fingerprint density at radius 3 is 2.30 bits per heavy atom. The normalized spacial score (nSPS) is 11.9. The van der Waals surface area contributed by atoms with Gasteiger partial charge < -0.3 is 0 Å². The number of sulfone groups is 1. The number of benzene rings is 2. The Morgan fingerprint density at radius 2 is 1.65 bits per heavy atom. The summed E-state index contributed by atoms with van der Waals surface area (Å²) in [5, 5.41) is 1.80. The van der Waals surface area contributed by atoms with Gasteiger partial charge in [0.1, 0.15) is 0 Å². The summed E-state index contributed by atoms with van der Waals surface area (Å²) in [4.78, 5) is 0.291. The summed E-state index contributed by atoms with van der Waals surface area (Å²) in [6, 6.07) is 12.2. The second-order valence-corrected chi connectivity index (χ2v) is 6.93. The van der Waals surface area contributed by atoms with Crippen LogP contribution in [-0.4, -0.2) is 8.42 Å². The quantitative estimate of drug-likeness (QED) is 0.842. The second-order valence-electron chi connectivity index (χ2n) is 4.66. The van der Waals surface area contributed by atoms with Crippen molar-refractivity contribution in [3.63, 3.8) is 0 Å². The fourth-order valence-electron chi connectivity index (χ4n) is 1.76. The van der Waals surface area contributed by atoms with E-state index in [0.717, 1.165) is 16.7 Å². The molecular weight excluding hydrogens is 292 g/mol. The zero-order valence-corrected chi connectivity index (χ0v) is 12.9. The van der Waals surface area contributed by atoms with Gasteiger partial charge in [0.2, 0.25) is 0 Å². The molecule has 0 radical (unpaired) electrons. The minimum atomic E-state index is -3.43. The van der Waals surface area contributed by atoms with Crippen molar-refractivity contribution in [2.24, 2.45) is 0 Å². The van der Waals surface area contributed by atoms with Gasteiger partial charge in [-0.25, -0.2) is 8.42 Å². The van der Waals surface area contributed by atoms with E-state index in [4.69, 9.17) is 11.6 Å². The Balaban J connectivity index is 2.34. The Morgan fingerprint density at radius 1 is 1.00 bits per heavy atom. The molecule has 0 aliphatic carbocycles. The summed E-state index contributed by atoms with van der Waals surface area (Å²) in [7, 11) is -3.43. The lowest BCUT2D eigenvalue weighted by Crippen LogP contribution is -1.96. The van der Waals surface area contributed by atoms with E-state index in [1.807, 2.05) is 19.9 Å². The molecular formula is C16H15ClO2S. The van der Waals surface area contributed by atoms with E-state index >= 15 is 0 Å². The Hall–Kier alpha value is -1.58. The monoisotopic (exact) mass is 306 g/mol. The van der Waals surface area contributed by atoms with Crippen molar-refractivity contribution < 1.29 is 8.42 Å². The van der Waals surface area contributed by atoms with Crippen LogP contribution in [0.15, 0.2) is 52.8 Å². The molecule has 0 amide bonds. The van der Waals surface area contributed by atoms with Gasteiger partial charge in [0.05, 0.1) is 4.90 Å². The third-order valence-electron chi connectivity index (χ3n) is 3.02. The zero-order valence-electron chi connectivity index (χ0n) is 11.3. The minimum absolute atomic E-state index is 0.291. The molecule has 4 heteroatoms. The summed E-state index contributed by atoms with van der Waals surface area (Å²) in [6.45, 7) is 3.83. The highest BCUT2D eigenvalue weighted by molar-refractivity contribution is 7.94. The smallest absolute Gasteiger partial charge is 0.199 e. The minimum Gasteiger partial charge on any atom is -0.219 e. The van der Waals surface area contributed by atoms with E-state index in [2.05, 4.69) is 0 Å². The fourth-order valence-corrected chi connectivity index (χ4v) is 2.94. The van der Waals surface area contributed by atoms with Gasteiger partial charge in [0.15, 0.2) is 9.84 Å². The molecule has 0 bridgehead atoms. The van der Waals surface area contributed by atoms with Crippen LogP contribution in [0.5, 0.6) is 0 Å². The van der Waals surface area contributed by atoms with Crippen LogP contribution in [0, 0.1) is 13.8 Å². The van der Waals surface area contributed by atoms with Crippen molar-refractivity contribution in [2.75, 3.05) is 0 Å². The molecule has 2 aromatic rings. The highest BCUT2D eigenvalue weighted by Crippen LogP contribution is 2.19. The highest BCUT2D eigenvalue weighted by atomic mass is 35.5. The first kappa shape index (κ1) is 14.8. The molecule has 0 fully saturated rings. The number of hydrogen-bond acceptors (Lipinski definition) is 2. The van der Waals surface area contributed by atoms with Crippen LogP contribution in [0.1, 0.15) is 16.7 Å². The zero-order chi connectivity index (χ0) is 14.8. The average molecular weight is 307 g/mol. The second kappa shape index (κ2) is 5.81. The molecule has 0 saturated carbocycles. The van der Waals surface area contributed by atoms with Crippen LogP contribution >= 0.6 is 11.6 Å². The van der Waals surface area contributed by atoms with Gasteiger partial charge in [-0.1, -0.05) is 35.4 Å². The molecule has 2 aromatic carbocycles. The average Bonchev–Trinajstić information content (AvgIpc) is 2.40. The maximum absolute atomic E-state index is 12.2. The lowest BCUT2D eigenvalue weighted by Gasteiger charge is -2.02. The molecule has 0 atom stereocenters. The van der Waals surface area contributed by atoms with Crippen LogP contribution in [-0.2, 0) is 9.84 Å². The number of halogens is 1. The van der Waals surface area contributed by atoms with E-state index < -0.39 is 9.84 Å². The lowest BCUT2D eigenvalue weighted by molar-refractivity contribution is 0.605. The molecule has 0 unspecified atom stereocenters. The van der Waals surface area contributed by atoms with Crippen LogP contribution in [0.4, 0.5) is 0 Å². The van der Waals surface area contributed by atoms with Gasteiger partial charge in [-0.3, -0.25) is 0 Å². The van der Waals surface area contributed by atoms with E-state index in [0.29, 0.717) is 9.92 Å². The van der Waals surface area contributed by atoms with E-state index in [-0.39, 0.29) is 0 Å². The third kappa shape index (κ3) is 3.50. The summed E-state index contributed by atoms with van der Waals surface area (Å²) >= 11 is 5.92. The van der Waals surface area contributed by atoms with E-state index in [9.17, 15) is 8.42 Å². The number of aryl methyl sites for hydroxylation is 2. The molecule has 0 aromatic heterocycles. The molecule has 0 N–H and O–H groups in total.